The van der Waals surface area contributed by atoms with Gasteiger partial charge in [0.05, 0.1) is 19.1 Å². The van der Waals surface area contributed by atoms with Crippen molar-refractivity contribution in [1.82, 2.24) is 0 Å². The third-order valence-electron chi connectivity index (χ3n) is 6.92. The molecule has 2 atom stereocenters. The number of ether oxygens (including phenoxy) is 1. The summed E-state index contributed by atoms with van der Waals surface area (Å²) in [7, 11) is -1.57. The topological polar surface area (TPSA) is 9.23 Å². The molecule has 0 saturated heterocycles. The van der Waals surface area contributed by atoms with Gasteiger partial charge in [0.1, 0.15) is 5.30 Å². The van der Waals surface area contributed by atoms with Gasteiger partial charge in [-0.25, -0.2) is 0 Å². The molecule has 2 unspecified atom stereocenters. The Bertz CT molecular complexity index is 1200. The largest absolute Gasteiger partial charge is 0.453 e. The van der Waals surface area contributed by atoms with E-state index in [0.29, 0.717) is 0 Å². The third-order valence-corrected chi connectivity index (χ3v) is 12.7. The molecule has 1 aliphatic heterocycles. The zero-order valence-corrected chi connectivity index (χ0v) is 18.8. The lowest BCUT2D eigenvalue weighted by molar-refractivity contribution is 0.310. The maximum atomic E-state index is 6.48. The molecule has 0 N–H and O–H groups in total. The van der Waals surface area contributed by atoms with Gasteiger partial charge >= 0.3 is 0 Å². The summed E-state index contributed by atoms with van der Waals surface area (Å²) >= 11 is 0. The van der Waals surface area contributed by atoms with E-state index in [9.17, 15) is 0 Å². The number of hydrogen-bond acceptors (Lipinski definition) is 1. The van der Waals surface area contributed by atoms with Crippen LogP contribution in [0.3, 0.4) is 0 Å². The van der Waals surface area contributed by atoms with Crippen LogP contribution in [0, 0.1) is 0 Å². The summed E-state index contributed by atoms with van der Waals surface area (Å²) in [6, 6.07) is 26.5. The van der Waals surface area contributed by atoms with Gasteiger partial charge < -0.3 is 4.74 Å². The average molecular weight is 399 g/mol. The van der Waals surface area contributed by atoms with E-state index in [4.69, 9.17) is 4.74 Å². The molecule has 4 aromatic carbocycles. The van der Waals surface area contributed by atoms with Gasteiger partial charge in [-0.05, 0) is 54.4 Å². The highest BCUT2D eigenvalue weighted by Crippen LogP contribution is 2.73. The van der Waals surface area contributed by atoms with Crippen molar-refractivity contribution < 1.29 is 4.74 Å². The number of rotatable bonds is 1. The Morgan fingerprint density at radius 2 is 1.38 bits per heavy atom. The van der Waals surface area contributed by atoms with Crippen LogP contribution in [0.1, 0.15) is 27.7 Å². The Kier molecular flexibility index (Phi) is 4.06. The minimum atomic E-state index is -1.57. The predicted octanol–water partition coefficient (Wildman–Crippen LogP) is 7.47. The van der Waals surface area contributed by atoms with Crippen molar-refractivity contribution in [2.75, 3.05) is 6.66 Å². The van der Waals surface area contributed by atoms with E-state index >= 15 is 0 Å². The van der Waals surface area contributed by atoms with Crippen molar-refractivity contribution in [1.29, 1.82) is 0 Å². The first-order chi connectivity index (χ1) is 13.8. The maximum Gasteiger partial charge on any atom is 0.208 e. The van der Waals surface area contributed by atoms with Crippen LogP contribution in [0.2, 0.25) is 0 Å². The average Bonchev–Trinajstić information content (AvgIpc) is 2.97. The second kappa shape index (κ2) is 6.31. The summed E-state index contributed by atoms with van der Waals surface area (Å²) < 4.78 is 6.48. The van der Waals surface area contributed by atoms with E-state index in [2.05, 4.69) is 107 Å². The molecule has 0 saturated carbocycles. The Hall–Kier alpha value is -2.37. The molecule has 0 bridgehead atoms. The normalized spacial score (nSPS) is 21.3. The zero-order valence-electron chi connectivity index (χ0n) is 17.9. The molecule has 1 heterocycles. The van der Waals surface area contributed by atoms with Gasteiger partial charge in [0.2, 0.25) is 5.85 Å². The van der Waals surface area contributed by atoms with E-state index in [1.807, 2.05) is 0 Å². The Morgan fingerprint density at radius 3 is 1.97 bits per heavy atom. The molecule has 0 radical (unpaired) electrons. The summed E-state index contributed by atoms with van der Waals surface area (Å²) in [6.07, 6.45) is 0. The third kappa shape index (κ3) is 2.57. The minimum Gasteiger partial charge on any atom is -0.453 e. The Labute approximate surface area is 174 Å². The van der Waals surface area contributed by atoms with E-state index in [-0.39, 0.29) is 11.0 Å². The second-order valence-corrected chi connectivity index (χ2v) is 14.0. The van der Waals surface area contributed by atoms with E-state index in [1.54, 1.807) is 0 Å². The van der Waals surface area contributed by atoms with Crippen LogP contribution in [0.25, 0.3) is 32.7 Å². The van der Waals surface area contributed by atoms with Crippen molar-refractivity contribution in [2.24, 2.45) is 0 Å². The molecule has 29 heavy (non-hydrogen) atoms. The van der Waals surface area contributed by atoms with Crippen LogP contribution in [0.15, 0.2) is 72.8 Å². The van der Waals surface area contributed by atoms with Crippen molar-refractivity contribution in [3.63, 3.8) is 0 Å². The van der Waals surface area contributed by atoms with Gasteiger partial charge in [0.25, 0.3) is 0 Å². The second-order valence-electron chi connectivity index (χ2n) is 9.31. The molecule has 146 valence electrons. The van der Waals surface area contributed by atoms with Crippen molar-refractivity contribution in [3.8, 4) is 16.9 Å². The lowest BCUT2D eigenvalue weighted by Gasteiger charge is -2.34. The molecule has 0 fully saturated rings. The fourth-order valence-corrected chi connectivity index (χ4v) is 8.68. The minimum absolute atomic E-state index is 0.175. The van der Waals surface area contributed by atoms with Gasteiger partial charge in [-0.1, -0.05) is 60.7 Å². The van der Waals surface area contributed by atoms with E-state index in [0.717, 1.165) is 5.75 Å². The molecule has 1 aliphatic rings. The van der Waals surface area contributed by atoms with Crippen molar-refractivity contribution in [3.05, 3.63) is 72.8 Å². The monoisotopic (exact) mass is 399 g/mol. The summed E-state index contributed by atoms with van der Waals surface area (Å²) in [6.45, 7) is 11.9. The Balaban J connectivity index is 1.95. The lowest BCUT2D eigenvalue weighted by Crippen LogP contribution is -2.32. The fraction of sp³-hybridized carbons (Fsp3) is 0.259. The molecule has 1 nitrogen and oxygen atoms in total. The molecule has 0 aliphatic carbocycles. The first-order valence-corrected chi connectivity index (χ1v) is 12.7. The lowest BCUT2D eigenvalue weighted by atomic mass is 9.92. The number of fused-ring (bicyclic) bond motifs is 3. The summed E-state index contributed by atoms with van der Waals surface area (Å²) in [5.41, 5.74) is 2.70. The molecule has 0 spiro atoms. The SMILES string of the molecule is CC1Oc2cccc(-c3c4ccccc4cc4ccccc34)c2[P+]1(C)C(C)(C)C. The van der Waals surface area contributed by atoms with Crippen molar-refractivity contribution in [2.45, 2.75) is 38.7 Å². The first kappa shape index (κ1) is 18.6. The maximum absolute atomic E-state index is 6.48. The van der Waals surface area contributed by atoms with Crippen LogP contribution in [0.4, 0.5) is 0 Å². The molecule has 0 aromatic heterocycles. The molecule has 2 heteroatoms. The van der Waals surface area contributed by atoms with Crippen molar-refractivity contribution >= 4 is 34.1 Å². The van der Waals surface area contributed by atoms with E-state index < -0.39 is 7.26 Å². The van der Waals surface area contributed by atoms with Gasteiger partial charge in [-0.15, -0.1) is 0 Å². The zero-order chi connectivity index (χ0) is 20.4. The quantitative estimate of drug-likeness (QED) is 0.238. The molecular formula is C27H28OP+. The fourth-order valence-electron chi connectivity index (χ4n) is 4.95. The van der Waals surface area contributed by atoms with Crippen LogP contribution in [-0.2, 0) is 0 Å². The standard InChI is InChI=1S/C27H28OP/c1-18-28-24-16-10-15-23(26(24)29(18,5)27(2,3)4)25-21-13-8-6-11-19(21)17-20-12-7-9-14-22(20)25/h6-18H,1-5H3/q+1. The summed E-state index contributed by atoms with van der Waals surface area (Å²) in [5.74, 6) is 1.32. The molecule has 5 rings (SSSR count). The molecular weight excluding hydrogens is 371 g/mol. The van der Waals surface area contributed by atoms with Crippen LogP contribution in [0.5, 0.6) is 5.75 Å². The first-order valence-electron chi connectivity index (χ1n) is 10.4. The molecule has 4 aromatic rings. The van der Waals surface area contributed by atoms with Gasteiger partial charge in [-0.3, -0.25) is 0 Å². The highest BCUT2D eigenvalue weighted by atomic mass is 31.2. The van der Waals surface area contributed by atoms with Gasteiger partial charge in [-0.2, -0.15) is 0 Å². The highest BCUT2D eigenvalue weighted by molar-refractivity contribution is 7.84. The highest BCUT2D eigenvalue weighted by Gasteiger charge is 2.59. The summed E-state index contributed by atoms with van der Waals surface area (Å²) in [4.78, 5) is 0. The number of hydrogen-bond donors (Lipinski definition) is 0. The van der Waals surface area contributed by atoms with Gasteiger partial charge in [0, 0.05) is 18.1 Å². The summed E-state index contributed by atoms with van der Waals surface area (Å²) in [5, 5.41) is 6.86. The molecule has 0 amide bonds. The van der Waals surface area contributed by atoms with Crippen LogP contribution in [-0.4, -0.2) is 17.7 Å². The van der Waals surface area contributed by atoms with Crippen LogP contribution < -0.4 is 10.0 Å². The van der Waals surface area contributed by atoms with Gasteiger partial charge in [0.15, 0.2) is 5.75 Å². The van der Waals surface area contributed by atoms with Crippen LogP contribution >= 0.6 is 7.26 Å². The smallest absolute Gasteiger partial charge is 0.208 e. The number of benzene rings is 4. The van der Waals surface area contributed by atoms with E-state index in [1.165, 1.54) is 38.0 Å². The Morgan fingerprint density at radius 1 is 0.793 bits per heavy atom. The predicted molar refractivity (Wildman–Crippen MR) is 129 cm³/mol.